The van der Waals surface area contributed by atoms with Crippen molar-refractivity contribution in [1.29, 1.82) is 0 Å². The highest BCUT2D eigenvalue weighted by atomic mass is 32.2. The Labute approximate surface area is 191 Å². The average molecular weight is 473 g/mol. The van der Waals surface area contributed by atoms with Gasteiger partial charge in [-0.1, -0.05) is 48.5 Å². The first kappa shape index (κ1) is 22.8. The van der Waals surface area contributed by atoms with Crippen molar-refractivity contribution in [1.82, 2.24) is 10.2 Å². The Balaban J connectivity index is 1.31. The van der Waals surface area contributed by atoms with E-state index >= 15 is 0 Å². The number of nitrogens with one attached hydrogen (secondary N) is 1. The van der Waals surface area contributed by atoms with Crippen molar-refractivity contribution in [3.8, 4) is 11.1 Å². The van der Waals surface area contributed by atoms with Crippen LogP contribution < -0.4 is 5.32 Å². The van der Waals surface area contributed by atoms with Gasteiger partial charge in [0, 0.05) is 19.0 Å². The molecule has 0 bridgehead atoms. The Morgan fingerprint density at radius 3 is 2.24 bits per heavy atom. The van der Waals surface area contributed by atoms with Gasteiger partial charge in [-0.25, -0.2) is 13.2 Å². The lowest BCUT2D eigenvalue weighted by atomic mass is 9.98. The van der Waals surface area contributed by atoms with E-state index in [-0.39, 0.29) is 37.9 Å². The quantitative estimate of drug-likeness (QED) is 0.653. The van der Waals surface area contributed by atoms with Crippen molar-refractivity contribution in [3.05, 3.63) is 59.7 Å². The minimum atomic E-state index is -3.57. The standard InChI is InChI=1S/C23H24N2O7S/c26-21(25-9-10-33(30,31)15(13-25)11-22(27)28)12-24-23(29)32-14-20-18-7-3-1-5-16(18)17-6-2-4-8-19(17)20/h1-8,15,20H,9-14H2,(H,24,29)(H,27,28). The molecule has 1 unspecified atom stereocenters. The molecule has 2 amide bonds. The zero-order valence-corrected chi connectivity index (χ0v) is 18.6. The van der Waals surface area contributed by atoms with E-state index in [0.29, 0.717) is 0 Å². The number of carbonyl (C=O) groups excluding carboxylic acids is 2. The first-order valence-electron chi connectivity index (χ1n) is 10.6. The molecule has 2 aliphatic rings. The number of fused-ring (bicyclic) bond motifs is 3. The van der Waals surface area contributed by atoms with Crippen LogP contribution in [-0.4, -0.2) is 73.6 Å². The smallest absolute Gasteiger partial charge is 0.407 e. The monoisotopic (exact) mass is 472 g/mol. The SMILES string of the molecule is O=C(O)CC1CN(C(=O)CNC(=O)OCC2c3ccccc3-c3ccccc32)CCS1(=O)=O. The van der Waals surface area contributed by atoms with E-state index in [4.69, 9.17) is 9.84 Å². The molecule has 0 spiro atoms. The van der Waals surface area contributed by atoms with E-state index in [1.165, 1.54) is 4.90 Å². The molecule has 0 aromatic heterocycles. The topological polar surface area (TPSA) is 130 Å². The summed E-state index contributed by atoms with van der Waals surface area (Å²) in [5.41, 5.74) is 4.35. The number of ether oxygens (including phenoxy) is 1. The maximum atomic E-state index is 12.4. The molecule has 2 N–H and O–H groups in total. The zero-order valence-electron chi connectivity index (χ0n) is 17.8. The maximum absolute atomic E-state index is 12.4. The fraction of sp³-hybridized carbons (Fsp3) is 0.348. The van der Waals surface area contributed by atoms with Crippen LogP contribution in [0.3, 0.4) is 0 Å². The van der Waals surface area contributed by atoms with Gasteiger partial charge in [0.1, 0.15) is 13.2 Å². The number of rotatable bonds is 6. The number of carboxylic acid groups (broad SMARTS) is 1. The summed E-state index contributed by atoms with van der Waals surface area (Å²) < 4.78 is 29.5. The molecular formula is C23H24N2O7S. The van der Waals surface area contributed by atoms with Crippen LogP contribution >= 0.6 is 0 Å². The molecule has 0 saturated carbocycles. The molecule has 4 rings (SSSR count). The number of aliphatic carboxylic acids is 1. The Morgan fingerprint density at radius 1 is 1.03 bits per heavy atom. The van der Waals surface area contributed by atoms with Gasteiger partial charge in [0.25, 0.3) is 0 Å². The van der Waals surface area contributed by atoms with E-state index < -0.39 is 39.5 Å². The molecular weight excluding hydrogens is 448 g/mol. The van der Waals surface area contributed by atoms with Gasteiger partial charge in [0.15, 0.2) is 9.84 Å². The molecule has 1 heterocycles. The molecule has 1 fully saturated rings. The summed E-state index contributed by atoms with van der Waals surface area (Å²) in [5.74, 6) is -2.15. The normalized spacial score (nSPS) is 18.8. The first-order chi connectivity index (χ1) is 15.8. The third kappa shape index (κ3) is 4.85. The number of carbonyl (C=O) groups is 3. The molecule has 1 atom stereocenters. The number of nitrogens with zero attached hydrogens (tertiary/aromatic N) is 1. The molecule has 0 radical (unpaired) electrons. The molecule has 2 aromatic rings. The lowest BCUT2D eigenvalue weighted by molar-refractivity contribution is -0.138. The van der Waals surface area contributed by atoms with E-state index in [1.807, 2.05) is 48.5 Å². The van der Waals surface area contributed by atoms with Crippen molar-refractivity contribution in [3.63, 3.8) is 0 Å². The van der Waals surface area contributed by atoms with Crippen LogP contribution in [0.4, 0.5) is 4.79 Å². The third-order valence-electron chi connectivity index (χ3n) is 6.06. The predicted molar refractivity (Wildman–Crippen MR) is 119 cm³/mol. The second-order valence-corrected chi connectivity index (χ2v) is 10.5. The molecule has 174 valence electrons. The van der Waals surface area contributed by atoms with Crippen molar-refractivity contribution >= 4 is 27.8 Å². The lowest BCUT2D eigenvalue weighted by Crippen LogP contribution is -2.52. The van der Waals surface area contributed by atoms with Crippen molar-refractivity contribution < 1.29 is 32.6 Å². The number of carboxylic acids is 1. The average Bonchev–Trinajstić information content (AvgIpc) is 3.11. The van der Waals surface area contributed by atoms with Crippen LogP contribution in [-0.2, 0) is 24.2 Å². The number of sulfone groups is 1. The van der Waals surface area contributed by atoms with Crippen LogP contribution in [0.15, 0.2) is 48.5 Å². The zero-order chi connectivity index (χ0) is 23.6. The van der Waals surface area contributed by atoms with Gasteiger partial charge in [0.05, 0.1) is 17.4 Å². The van der Waals surface area contributed by atoms with E-state index in [1.54, 1.807) is 0 Å². The second kappa shape index (κ2) is 9.22. The largest absolute Gasteiger partial charge is 0.481 e. The van der Waals surface area contributed by atoms with Gasteiger partial charge in [-0.3, -0.25) is 9.59 Å². The molecule has 1 saturated heterocycles. The fourth-order valence-electron chi connectivity index (χ4n) is 4.38. The highest BCUT2D eigenvalue weighted by Gasteiger charge is 2.36. The fourth-order valence-corrected chi connectivity index (χ4v) is 5.99. The summed E-state index contributed by atoms with van der Waals surface area (Å²) in [6, 6.07) is 15.9. The molecule has 1 aliphatic carbocycles. The van der Waals surface area contributed by atoms with Crippen LogP contribution in [0.1, 0.15) is 23.5 Å². The summed E-state index contributed by atoms with van der Waals surface area (Å²) in [5, 5.41) is 10.2. The number of benzene rings is 2. The molecule has 1 aliphatic heterocycles. The summed E-state index contributed by atoms with van der Waals surface area (Å²) in [7, 11) is -3.57. The minimum absolute atomic E-state index is 0.0380. The van der Waals surface area contributed by atoms with Gasteiger partial charge in [-0.2, -0.15) is 0 Å². The highest BCUT2D eigenvalue weighted by molar-refractivity contribution is 7.92. The minimum Gasteiger partial charge on any atom is -0.481 e. The molecule has 10 heteroatoms. The summed E-state index contributed by atoms with van der Waals surface area (Å²) in [6.07, 6.45) is -1.32. The maximum Gasteiger partial charge on any atom is 0.407 e. The third-order valence-corrected chi connectivity index (χ3v) is 8.14. The van der Waals surface area contributed by atoms with Gasteiger partial charge in [-0.15, -0.1) is 0 Å². The summed E-state index contributed by atoms with van der Waals surface area (Å²) in [6.45, 7) is -0.503. The second-order valence-electron chi connectivity index (χ2n) is 8.11. The Morgan fingerprint density at radius 2 is 1.64 bits per heavy atom. The van der Waals surface area contributed by atoms with Gasteiger partial charge in [0.2, 0.25) is 5.91 Å². The first-order valence-corrected chi connectivity index (χ1v) is 12.3. The van der Waals surface area contributed by atoms with Crippen molar-refractivity contribution in [2.24, 2.45) is 0 Å². The van der Waals surface area contributed by atoms with E-state index in [9.17, 15) is 22.8 Å². The number of amides is 2. The lowest BCUT2D eigenvalue weighted by Gasteiger charge is -2.32. The van der Waals surface area contributed by atoms with Crippen LogP contribution in [0, 0.1) is 0 Å². The Kier molecular flexibility index (Phi) is 6.37. The molecule has 2 aromatic carbocycles. The predicted octanol–water partition coefficient (Wildman–Crippen LogP) is 1.63. The number of hydrogen-bond acceptors (Lipinski definition) is 6. The van der Waals surface area contributed by atoms with Crippen molar-refractivity contribution in [2.75, 3.05) is 32.0 Å². The van der Waals surface area contributed by atoms with Crippen LogP contribution in [0.25, 0.3) is 11.1 Å². The van der Waals surface area contributed by atoms with Gasteiger partial charge in [-0.05, 0) is 22.3 Å². The van der Waals surface area contributed by atoms with E-state index in [2.05, 4.69) is 5.32 Å². The number of alkyl carbamates (subject to hydrolysis) is 1. The van der Waals surface area contributed by atoms with Crippen LogP contribution in [0.2, 0.25) is 0 Å². The summed E-state index contributed by atoms with van der Waals surface area (Å²) >= 11 is 0. The van der Waals surface area contributed by atoms with Crippen LogP contribution in [0.5, 0.6) is 0 Å². The highest BCUT2D eigenvalue weighted by Crippen LogP contribution is 2.44. The molecule has 33 heavy (non-hydrogen) atoms. The van der Waals surface area contributed by atoms with Gasteiger partial charge < -0.3 is 20.1 Å². The number of hydrogen-bond donors (Lipinski definition) is 2. The van der Waals surface area contributed by atoms with Gasteiger partial charge >= 0.3 is 12.1 Å². The molecule has 9 nitrogen and oxygen atoms in total. The Bertz CT molecular complexity index is 1150. The van der Waals surface area contributed by atoms with E-state index in [0.717, 1.165) is 22.3 Å². The van der Waals surface area contributed by atoms with Crippen molar-refractivity contribution in [2.45, 2.75) is 17.6 Å². The summed E-state index contributed by atoms with van der Waals surface area (Å²) in [4.78, 5) is 36.9. The Hall–Kier alpha value is -3.40.